The third kappa shape index (κ3) is 3.89. The van der Waals surface area contributed by atoms with Crippen LogP contribution in [0.15, 0.2) is 46.4 Å². The number of nitrogens with one attached hydrogen (secondary N) is 1. The van der Waals surface area contributed by atoms with Gasteiger partial charge in [-0.1, -0.05) is 27.5 Å². The molecule has 2 aromatic carbocycles. The van der Waals surface area contributed by atoms with Crippen molar-refractivity contribution in [3.05, 3.63) is 57.0 Å². The van der Waals surface area contributed by atoms with Crippen LogP contribution in [0.1, 0.15) is 5.56 Å². The van der Waals surface area contributed by atoms with Gasteiger partial charge in [0.2, 0.25) is 0 Å². The second kappa shape index (κ2) is 8.30. The molecule has 1 aliphatic heterocycles. The third-order valence-electron chi connectivity index (χ3n) is 3.96. The van der Waals surface area contributed by atoms with Crippen molar-refractivity contribution in [2.45, 2.75) is 0 Å². The van der Waals surface area contributed by atoms with Crippen LogP contribution in [-0.2, 0) is 9.59 Å². The summed E-state index contributed by atoms with van der Waals surface area (Å²) in [6.45, 7) is 0. The first kappa shape index (κ1) is 20.3. The molecule has 0 aromatic heterocycles. The normalized spacial score (nSPS) is 15.6. The number of amides is 2. The van der Waals surface area contributed by atoms with E-state index in [2.05, 4.69) is 21.2 Å². The van der Waals surface area contributed by atoms with E-state index in [1.54, 1.807) is 36.4 Å². The minimum absolute atomic E-state index is 0.00624. The molecule has 28 heavy (non-hydrogen) atoms. The number of carbonyl (C=O) groups excluding carboxylic acids is 2. The van der Waals surface area contributed by atoms with Gasteiger partial charge in [-0.15, -0.1) is 0 Å². The van der Waals surface area contributed by atoms with Crippen molar-refractivity contribution >= 4 is 68.4 Å². The van der Waals surface area contributed by atoms with E-state index in [0.29, 0.717) is 32.2 Å². The number of rotatable bonds is 4. The molecule has 0 unspecified atom stereocenters. The van der Waals surface area contributed by atoms with Crippen molar-refractivity contribution in [1.29, 1.82) is 0 Å². The van der Waals surface area contributed by atoms with Gasteiger partial charge in [0.1, 0.15) is 5.57 Å². The highest BCUT2D eigenvalue weighted by Crippen LogP contribution is 2.36. The van der Waals surface area contributed by atoms with Gasteiger partial charge in [0.05, 0.1) is 19.9 Å². The lowest BCUT2D eigenvalue weighted by atomic mass is 10.1. The lowest BCUT2D eigenvalue weighted by molar-refractivity contribution is -0.122. The molecule has 0 aliphatic carbocycles. The molecule has 0 saturated carbocycles. The highest BCUT2D eigenvalue weighted by Gasteiger charge is 2.34. The molecule has 1 aliphatic rings. The Morgan fingerprint density at radius 3 is 2.43 bits per heavy atom. The maximum Gasteiger partial charge on any atom is 0.270 e. The molecule has 1 fully saturated rings. The van der Waals surface area contributed by atoms with E-state index in [-0.39, 0.29) is 10.7 Å². The van der Waals surface area contributed by atoms with Gasteiger partial charge in [-0.05, 0) is 54.7 Å². The molecular weight excluding hydrogens is 468 g/mol. The van der Waals surface area contributed by atoms with Crippen LogP contribution in [-0.4, -0.2) is 31.1 Å². The maximum absolute atomic E-state index is 13.1. The van der Waals surface area contributed by atoms with Crippen LogP contribution in [0.2, 0.25) is 5.02 Å². The van der Waals surface area contributed by atoms with Crippen LogP contribution in [0.25, 0.3) is 6.08 Å². The number of anilines is 1. The Balaban J connectivity index is 2.09. The average molecular weight is 482 g/mol. The van der Waals surface area contributed by atoms with E-state index in [0.717, 1.165) is 0 Å². The molecule has 1 heterocycles. The summed E-state index contributed by atoms with van der Waals surface area (Å²) in [5.74, 6) is -0.305. The minimum atomic E-state index is -0.596. The van der Waals surface area contributed by atoms with Crippen LogP contribution in [0.5, 0.6) is 11.5 Å². The number of methoxy groups -OCH3 is 2. The number of carbonyl (C=O) groups is 2. The predicted molar refractivity (Wildman–Crippen MR) is 115 cm³/mol. The highest BCUT2D eigenvalue weighted by molar-refractivity contribution is 9.10. The molecule has 0 spiro atoms. The third-order valence-corrected chi connectivity index (χ3v) is 4.95. The van der Waals surface area contributed by atoms with E-state index >= 15 is 0 Å². The van der Waals surface area contributed by atoms with Gasteiger partial charge in [0.25, 0.3) is 11.8 Å². The van der Waals surface area contributed by atoms with Crippen molar-refractivity contribution in [3.63, 3.8) is 0 Å². The number of hydrogen-bond acceptors (Lipinski definition) is 5. The van der Waals surface area contributed by atoms with E-state index < -0.39 is 11.8 Å². The summed E-state index contributed by atoms with van der Waals surface area (Å²) in [5, 5.41) is 3.05. The van der Waals surface area contributed by atoms with Gasteiger partial charge >= 0.3 is 0 Å². The monoisotopic (exact) mass is 480 g/mol. The zero-order valence-electron chi connectivity index (χ0n) is 14.8. The van der Waals surface area contributed by atoms with Gasteiger partial charge in [-0.25, -0.2) is 0 Å². The number of hydrogen-bond donors (Lipinski definition) is 1. The predicted octanol–water partition coefficient (Wildman–Crippen LogP) is 3.95. The Kier molecular flexibility index (Phi) is 6.02. The Bertz CT molecular complexity index is 1010. The van der Waals surface area contributed by atoms with E-state index in [4.69, 9.17) is 33.3 Å². The van der Waals surface area contributed by atoms with Gasteiger partial charge in [-0.2, -0.15) is 0 Å². The number of thiocarbonyl (C=S) groups is 1. The lowest BCUT2D eigenvalue weighted by Gasteiger charge is -2.29. The lowest BCUT2D eigenvalue weighted by Crippen LogP contribution is -2.54. The molecule has 1 N–H and O–H groups in total. The molecule has 0 bridgehead atoms. The molecular formula is C19H14BrClN2O4S. The van der Waals surface area contributed by atoms with Crippen LogP contribution in [0.3, 0.4) is 0 Å². The summed E-state index contributed by atoms with van der Waals surface area (Å²) < 4.78 is 11.4. The molecule has 6 nitrogen and oxygen atoms in total. The average Bonchev–Trinajstić information content (AvgIpc) is 2.66. The molecule has 0 atom stereocenters. The molecule has 9 heteroatoms. The molecule has 3 rings (SSSR count). The first-order chi connectivity index (χ1) is 13.3. The summed E-state index contributed by atoms with van der Waals surface area (Å²) in [5.41, 5.74) is 0.891. The number of halogens is 2. The summed E-state index contributed by atoms with van der Waals surface area (Å²) in [7, 11) is 2.98. The molecule has 0 radical (unpaired) electrons. The zero-order chi connectivity index (χ0) is 20.4. The van der Waals surface area contributed by atoms with Gasteiger partial charge in [0.15, 0.2) is 16.6 Å². The standard InChI is InChI=1S/C19H14BrClN2O4S/c1-26-15-9-11(20)7-10(16(15)27-2)8-14-17(24)22-19(28)23(18(14)25)13-5-3-12(21)4-6-13/h3-9H,1-2H3,(H,22,24,28)/b14-8+. The summed E-state index contributed by atoms with van der Waals surface area (Å²) in [6.07, 6.45) is 1.44. The second-order valence-electron chi connectivity index (χ2n) is 5.66. The van der Waals surface area contributed by atoms with Crippen LogP contribution in [0.4, 0.5) is 5.69 Å². The summed E-state index contributed by atoms with van der Waals surface area (Å²) in [4.78, 5) is 26.8. The Hall–Kier alpha value is -2.42. The maximum atomic E-state index is 13.1. The number of benzene rings is 2. The van der Waals surface area contributed by atoms with Crippen molar-refractivity contribution in [3.8, 4) is 11.5 Å². The molecule has 144 valence electrons. The summed E-state index contributed by atoms with van der Waals surface area (Å²) >= 11 is 14.5. The molecule has 1 saturated heterocycles. The SMILES string of the molecule is COc1cc(Br)cc(/C=C2\C(=O)NC(=S)N(c3ccc(Cl)cc3)C2=O)c1OC. The summed E-state index contributed by atoms with van der Waals surface area (Å²) in [6, 6.07) is 9.99. The van der Waals surface area contributed by atoms with Crippen molar-refractivity contribution < 1.29 is 19.1 Å². The van der Waals surface area contributed by atoms with Crippen LogP contribution < -0.4 is 19.7 Å². The zero-order valence-corrected chi connectivity index (χ0v) is 17.9. The smallest absolute Gasteiger partial charge is 0.270 e. The van der Waals surface area contributed by atoms with Gasteiger partial charge in [-0.3, -0.25) is 19.8 Å². The fraction of sp³-hybridized carbons (Fsp3) is 0.105. The van der Waals surface area contributed by atoms with Crippen molar-refractivity contribution in [2.24, 2.45) is 0 Å². The highest BCUT2D eigenvalue weighted by atomic mass is 79.9. The second-order valence-corrected chi connectivity index (χ2v) is 7.40. The quantitative estimate of drug-likeness (QED) is 0.407. The number of ether oxygens (including phenoxy) is 2. The topological polar surface area (TPSA) is 67.9 Å². The first-order valence-corrected chi connectivity index (χ1v) is 9.52. The fourth-order valence-corrected chi connectivity index (χ4v) is 3.57. The Labute approximate surface area is 180 Å². The first-order valence-electron chi connectivity index (χ1n) is 7.94. The van der Waals surface area contributed by atoms with E-state index in [1.165, 1.54) is 25.2 Å². The largest absolute Gasteiger partial charge is 0.493 e. The fourth-order valence-electron chi connectivity index (χ4n) is 2.70. The van der Waals surface area contributed by atoms with Gasteiger partial charge in [0, 0.05) is 15.1 Å². The van der Waals surface area contributed by atoms with Crippen LogP contribution >= 0.6 is 39.7 Å². The Morgan fingerprint density at radius 1 is 1.14 bits per heavy atom. The molecule has 2 aromatic rings. The van der Waals surface area contributed by atoms with Gasteiger partial charge < -0.3 is 9.47 Å². The van der Waals surface area contributed by atoms with E-state index in [1.807, 2.05) is 0 Å². The van der Waals surface area contributed by atoms with Crippen molar-refractivity contribution in [1.82, 2.24) is 5.32 Å². The van der Waals surface area contributed by atoms with Crippen molar-refractivity contribution in [2.75, 3.05) is 19.1 Å². The van der Waals surface area contributed by atoms with Crippen LogP contribution in [0, 0.1) is 0 Å². The molecule has 2 amide bonds. The Morgan fingerprint density at radius 2 is 1.82 bits per heavy atom. The van der Waals surface area contributed by atoms with E-state index in [9.17, 15) is 9.59 Å². The minimum Gasteiger partial charge on any atom is -0.493 e. The number of nitrogens with zero attached hydrogens (tertiary/aromatic N) is 1.